The van der Waals surface area contributed by atoms with Gasteiger partial charge in [-0.2, -0.15) is 0 Å². The average Bonchev–Trinajstić information content (AvgIpc) is 2.66. The van der Waals surface area contributed by atoms with Crippen LogP contribution in [0.2, 0.25) is 0 Å². The normalized spacial score (nSPS) is 9.93. The number of anilines is 1. The van der Waals surface area contributed by atoms with E-state index in [4.69, 9.17) is 0 Å². The van der Waals surface area contributed by atoms with Crippen molar-refractivity contribution >= 4 is 35.6 Å². The van der Waals surface area contributed by atoms with Crippen LogP contribution in [-0.4, -0.2) is 15.9 Å². The van der Waals surface area contributed by atoms with Gasteiger partial charge in [0.2, 0.25) is 0 Å². The number of aromatic nitrogens is 2. The number of nitrogens with one attached hydrogen (secondary N) is 1. The molecule has 2 rings (SSSR count). The van der Waals surface area contributed by atoms with E-state index in [9.17, 15) is 4.79 Å². The Morgan fingerprint density at radius 3 is 2.73 bits per heavy atom. The third kappa shape index (κ3) is 2.54. The lowest BCUT2D eigenvalue weighted by atomic mass is 10.4. The Morgan fingerprint density at radius 2 is 2.13 bits per heavy atom. The van der Waals surface area contributed by atoms with Crippen LogP contribution in [0.3, 0.4) is 0 Å². The van der Waals surface area contributed by atoms with Crippen LogP contribution in [0, 0.1) is 0 Å². The fourth-order valence-electron chi connectivity index (χ4n) is 1.00. The molecule has 0 saturated heterocycles. The Morgan fingerprint density at radius 1 is 1.40 bits per heavy atom. The summed E-state index contributed by atoms with van der Waals surface area (Å²) in [6, 6.07) is 1.72. The molecule has 0 aliphatic rings. The van der Waals surface area contributed by atoms with E-state index in [0.717, 1.165) is 4.90 Å². The van der Waals surface area contributed by atoms with Gasteiger partial charge in [-0.1, -0.05) is 0 Å². The van der Waals surface area contributed by atoms with Gasteiger partial charge in [0.15, 0.2) is 0 Å². The molecule has 15 heavy (non-hydrogen) atoms. The third-order valence-corrected chi connectivity index (χ3v) is 2.99. The molecule has 1 amide bonds. The Labute approximate surface area is 95.8 Å². The van der Waals surface area contributed by atoms with Crippen LogP contribution in [0.5, 0.6) is 0 Å². The molecule has 6 heteroatoms. The van der Waals surface area contributed by atoms with E-state index in [1.165, 1.54) is 17.7 Å². The molecule has 2 heterocycles. The van der Waals surface area contributed by atoms with Gasteiger partial charge in [0.25, 0.3) is 5.91 Å². The molecule has 2 aromatic heterocycles. The van der Waals surface area contributed by atoms with Gasteiger partial charge in [0, 0.05) is 10.3 Å². The van der Waals surface area contributed by atoms with Crippen LogP contribution < -0.4 is 5.32 Å². The highest BCUT2D eigenvalue weighted by Crippen LogP contribution is 2.18. The summed E-state index contributed by atoms with van der Waals surface area (Å²) in [6.45, 7) is 0. The zero-order chi connectivity index (χ0) is 10.7. The minimum absolute atomic E-state index is 0.171. The fourth-order valence-corrected chi connectivity index (χ4v) is 2.05. The predicted molar refractivity (Wildman–Crippen MR) is 61.6 cm³/mol. The Balaban J connectivity index is 2.11. The molecule has 0 fully saturated rings. The first-order valence-electron chi connectivity index (χ1n) is 4.09. The number of carbonyl (C=O) groups is 1. The first kappa shape index (κ1) is 10.1. The summed E-state index contributed by atoms with van der Waals surface area (Å²) >= 11 is 5.48. The van der Waals surface area contributed by atoms with Gasteiger partial charge in [0.1, 0.15) is 6.33 Å². The van der Waals surface area contributed by atoms with Gasteiger partial charge in [-0.25, -0.2) is 9.97 Å². The molecule has 4 nitrogen and oxygen atoms in total. The molecule has 0 aliphatic carbocycles. The molecule has 0 bridgehead atoms. The molecular formula is C9H7N3OS2. The van der Waals surface area contributed by atoms with Gasteiger partial charge < -0.3 is 5.32 Å². The summed E-state index contributed by atoms with van der Waals surface area (Å²) in [4.78, 5) is 20.6. The SMILES string of the molecule is O=C(Nc1cncnc1)c1cc(S)cs1. The lowest BCUT2D eigenvalue weighted by molar-refractivity contribution is 0.103. The molecular weight excluding hydrogens is 230 g/mol. The fraction of sp³-hybridized carbons (Fsp3) is 0. The van der Waals surface area contributed by atoms with Crippen molar-refractivity contribution in [2.45, 2.75) is 4.90 Å². The Bertz CT molecular complexity index is 469. The van der Waals surface area contributed by atoms with Crippen molar-refractivity contribution in [2.75, 3.05) is 5.32 Å². The van der Waals surface area contributed by atoms with Crippen molar-refractivity contribution in [3.8, 4) is 0 Å². The Hall–Kier alpha value is -1.40. The van der Waals surface area contributed by atoms with E-state index in [1.54, 1.807) is 23.8 Å². The van der Waals surface area contributed by atoms with Crippen molar-refractivity contribution in [1.82, 2.24) is 9.97 Å². The van der Waals surface area contributed by atoms with E-state index in [0.29, 0.717) is 10.6 Å². The molecule has 0 radical (unpaired) electrons. The van der Waals surface area contributed by atoms with Crippen LogP contribution in [0.25, 0.3) is 0 Å². The molecule has 0 aliphatic heterocycles. The number of hydrogen-bond acceptors (Lipinski definition) is 5. The zero-order valence-electron chi connectivity index (χ0n) is 7.54. The smallest absolute Gasteiger partial charge is 0.265 e. The van der Waals surface area contributed by atoms with Crippen LogP contribution in [0.4, 0.5) is 5.69 Å². The quantitative estimate of drug-likeness (QED) is 0.786. The standard InChI is InChI=1S/C9H7N3OS2/c13-9(8-1-7(14)4-15-8)12-6-2-10-5-11-3-6/h1-5,14H,(H,12,13). The maximum atomic E-state index is 11.6. The van der Waals surface area contributed by atoms with Crippen molar-refractivity contribution in [3.63, 3.8) is 0 Å². The van der Waals surface area contributed by atoms with E-state index in [1.807, 2.05) is 0 Å². The van der Waals surface area contributed by atoms with Crippen LogP contribution in [0.15, 0.2) is 35.1 Å². The highest BCUT2D eigenvalue weighted by atomic mass is 32.1. The van der Waals surface area contributed by atoms with Gasteiger partial charge in [-0.15, -0.1) is 24.0 Å². The number of amides is 1. The topological polar surface area (TPSA) is 54.9 Å². The molecule has 0 unspecified atom stereocenters. The Kier molecular flexibility index (Phi) is 2.98. The number of rotatable bonds is 2. The highest BCUT2D eigenvalue weighted by molar-refractivity contribution is 7.80. The number of nitrogens with zero attached hydrogens (tertiary/aromatic N) is 2. The summed E-state index contributed by atoms with van der Waals surface area (Å²) < 4.78 is 0. The molecule has 0 spiro atoms. The van der Waals surface area contributed by atoms with Crippen molar-refractivity contribution in [3.05, 3.63) is 35.0 Å². The van der Waals surface area contributed by atoms with Gasteiger partial charge >= 0.3 is 0 Å². The molecule has 76 valence electrons. The molecule has 0 aromatic carbocycles. The van der Waals surface area contributed by atoms with Crippen molar-refractivity contribution in [2.24, 2.45) is 0 Å². The number of carbonyl (C=O) groups excluding carboxylic acids is 1. The summed E-state index contributed by atoms with van der Waals surface area (Å²) in [5, 5.41) is 4.49. The average molecular weight is 237 g/mol. The molecule has 0 atom stereocenters. The molecule has 2 aromatic rings. The van der Waals surface area contributed by atoms with E-state index < -0.39 is 0 Å². The summed E-state index contributed by atoms with van der Waals surface area (Å²) in [6.07, 6.45) is 4.49. The first-order chi connectivity index (χ1) is 7.25. The maximum Gasteiger partial charge on any atom is 0.265 e. The van der Waals surface area contributed by atoms with E-state index in [2.05, 4.69) is 27.9 Å². The van der Waals surface area contributed by atoms with Crippen LogP contribution in [-0.2, 0) is 0 Å². The highest BCUT2D eigenvalue weighted by Gasteiger charge is 2.08. The first-order valence-corrected chi connectivity index (χ1v) is 5.42. The van der Waals surface area contributed by atoms with Gasteiger partial charge in [-0.05, 0) is 6.07 Å². The monoisotopic (exact) mass is 237 g/mol. The summed E-state index contributed by atoms with van der Waals surface area (Å²) in [7, 11) is 0. The number of thiophene rings is 1. The van der Waals surface area contributed by atoms with Crippen molar-refractivity contribution < 1.29 is 4.79 Å². The largest absolute Gasteiger partial charge is 0.319 e. The zero-order valence-corrected chi connectivity index (χ0v) is 9.26. The minimum atomic E-state index is -0.171. The minimum Gasteiger partial charge on any atom is -0.319 e. The second-order valence-corrected chi connectivity index (χ2v) is 4.18. The maximum absolute atomic E-state index is 11.6. The van der Waals surface area contributed by atoms with Crippen LogP contribution >= 0.6 is 24.0 Å². The second-order valence-electron chi connectivity index (χ2n) is 2.75. The van der Waals surface area contributed by atoms with Gasteiger partial charge in [-0.3, -0.25) is 4.79 Å². The van der Waals surface area contributed by atoms with Gasteiger partial charge in [0.05, 0.1) is 23.0 Å². The number of thiol groups is 1. The van der Waals surface area contributed by atoms with E-state index in [-0.39, 0.29) is 5.91 Å². The lowest BCUT2D eigenvalue weighted by Gasteiger charge is -2.00. The third-order valence-electron chi connectivity index (χ3n) is 1.63. The van der Waals surface area contributed by atoms with Crippen LogP contribution in [0.1, 0.15) is 9.67 Å². The van der Waals surface area contributed by atoms with Crippen molar-refractivity contribution in [1.29, 1.82) is 0 Å². The number of hydrogen-bond donors (Lipinski definition) is 2. The molecule has 0 saturated carbocycles. The predicted octanol–water partition coefficient (Wildman–Crippen LogP) is 2.08. The second kappa shape index (κ2) is 4.41. The summed E-state index contributed by atoms with van der Waals surface area (Å²) in [5.41, 5.74) is 0.580. The summed E-state index contributed by atoms with van der Waals surface area (Å²) in [5.74, 6) is -0.171. The van der Waals surface area contributed by atoms with E-state index >= 15 is 0 Å². The lowest BCUT2D eigenvalue weighted by Crippen LogP contribution is -2.10. The molecule has 1 N–H and O–H groups in total.